The number of sulfonamides is 1. The molecular formula is C12H14F2N4O2S. The minimum atomic E-state index is -4.23. The normalized spacial score (nSPS) is 11.6. The van der Waals surface area contributed by atoms with E-state index in [0.717, 1.165) is 12.1 Å². The zero-order valence-corrected chi connectivity index (χ0v) is 12.2. The number of halogens is 2. The van der Waals surface area contributed by atoms with E-state index in [1.54, 1.807) is 14.0 Å². The molecule has 0 fully saturated rings. The molecule has 0 spiro atoms. The number of rotatable bonds is 4. The van der Waals surface area contributed by atoms with Crippen LogP contribution >= 0.6 is 0 Å². The molecule has 0 aliphatic heterocycles. The number of nitrogens with one attached hydrogen (secondary N) is 1. The van der Waals surface area contributed by atoms with Gasteiger partial charge in [0.15, 0.2) is 5.82 Å². The van der Waals surface area contributed by atoms with Gasteiger partial charge in [0, 0.05) is 13.2 Å². The van der Waals surface area contributed by atoms with Crippen LogP contribution in [0, 0.1) is 11.6 Å². The van der Waals surface area contributed by atoms with Gasteiger partial charge in [0.05, 0.1) is 11.4 Å². The summed E-state index contributed by atoms with van der Waals surface area (Å²) in [5.41, 5.74) is 5.09. The summed E-state index contributed by atoms with van der Waals surface area (Å²) >= 11 is 0. The van der Waals surface area contributed by atoms with Crippen molar-refractivity contribution in [3.05, 3.63) is 35.7 Å². The Morgan fingerprint density at radius 1 is 1.38 bits per heavy atom. The summed E-state index contributed by atoms with van der Waals surface area (Å²) in [6.45, 7) is 1.80. The molecule has 1 aromatic carbocycles. The Morgan fingerprint density at radius 3 is 2.67 bits per heavy atom. The molecule has 0 atom stereocenters. The van der Waals surface area contributed by atoms with Crippen molar-refractivity contribution < 1.29 is 17.2 Å². The Bertz CT molecular complexity index is 787. The zero-order valence-electron chi connectivity index (χ0n) is 11.4. The first-order chi connectivity index (χ1) is 9.76. The number of hydrogen-bond acceptors (Lipinski definition) is 4. The van der Waals surface area contributed by atoms with Crippen LogP contribution in [0.25, 0.3) is 0 Å². The van der Waals surface area contributed by atoms with Gasteiger partial charge in [0.1, 0.15) is 16.4 Å². The van der Waals surface area contributed by atoms with Gasteiger partial charge in [0.25, 0.3) is 10.0 Å². The number of hydrogen-bond donors (Lipinski definition) is 2. The number of benzene rings is 1. The first kappa shape index (κ1) is 15.2. The van der Waals surface area contributed by atoms with Crippen LogP contribution in [0.1, 0.15) is 12.6 Å². The van der Waals surface area contributed by atoms with Gasteiger partial charge in [-0.05, 0) is 18.6 Å². The second kappa shape index (κ2) is 5.32. The monoisotopic (exact) mass is 316 g/mol. The van der Waals surface area contributed by atoms with Gasteiger partial charge in [-0.25, -0.2) is 17.2 Å². The number of aryl methyl sites for hydroxylation is 2. The molecular weight excluding hydrogens is 302 g/mol. The second-order valence-electron chi connectivity index (χ2n) is 4.40. The Labute approximate surface area is 120 Å². The smallest absolute Gasteiger partial charge is 0.265 e. The lowest BCUT2D eigenvalue weighted by atomic mass is 10.3. The van der Waals surface area contributed by atoms with E-state index in [1.807, 2.05) is 0 Å². The standard InChI is InChI=1S/C12H14F2N4O2S/c1-3-8-9(6-18(2)16-8)17-21(19,20)10-5-4-7(13)12(15)11(10)14/h4-6,17H,3,15H2,1-2H3. The first-order valence-corrected chi connectivity index (χ1v) is 7.53. The predicted molar refractivity (Wildman–Crippen MR) is 74.2 cm³/mol. The van der Waals surface area contributed by atoms with Gasteiger partial charge < -0.3 is 5.73 Å². The second-order valence-corrected chi connectivity index (χ2v) is 6.05. The molecule has 21 heavy (non-hydrogen) atoms. The third kappa shape index (κ3) is 2.82. The van der Waals surface area contributed by atoms with E-state index in [-0.39, 0.29) is 5.69 Å². The van der Waals surface area contributed by atoms with E-state index in [0.29, 0.717) is 12.1 Å². The summed E-state index contributed by atoms with van der Waals surface area (Å²) < 4.78 is 55.0. The van der Waals surface area contributed by atoms with Crippen molar-refractivity contribution in [2.24, 2.45) is 7.05 Å². The highest BCUT2D eigenvalue weighted by molar-refractivity contribution is 7.92. The van der Waals surface area contributed by atoms with Gasteiger partial charge >= 0.3 is 0 Å². The number of aromatic nitrogens is 2. The molecule has 3 N–H and O–H groups in total. The Kier molecular flexibility index (Phi) is 3.86. The number of nitrogens with two attached hydrogens (primary N) is 1. The van der Waals surface area contributed by atoms with Crippen LogP contribution in [0.3, 0.4) is 0 Å². The minimum absolute atomic E-state index is 0.238. The van der Waals surface area contributed by atoms with Crippen LogP contribution in [0.5, 0.6) is 0 Å². The molecule has 0 unspecified atom stereocenters. The van der Waals surface area contributed by atoms with E-state index in [1.165, 1.54) is 10.9 Å². The molecule has 6 nitrogen and oxygen atoms in total. The van der Waals surface area contributed by atoms with Crippen molar-refractivity contribution in [3.8, 4) is 0 Å². The highest BCUT2D eigenvalue weighted by atomic mass is 32.2. The number of anilines is 2. The maximum absolute atomic E-state index is 13.8. The summed E-state index contributed by atoms with van der Waals surface area (Å²) in [5, 5.41) is 4.07. The Morgan fingerprint density at radius 2 is 2.05 bits per heavy atom. The molecule has 2 rings (SSSR count). The van der Waals surface area contributed by atoms with Gasteiger partial charge in [0.2, 0.25) is 0 Å². The van der Waals surface area contributed by atoms with Crippen molar-refractivity contribution >= 4 is 21.4 Å². The highest BCUT2D eigenvalue weighted by Gasteiger charge is 2.24. The van der Waals surface area contributed by atoms with Gasteiger partial charge in [-0.1, -0.05) is 6.92 Å². The fourth-order valence-corrected chi connectivity index (χ4v) is 3.00. The zero-order chi connectivity index (χ0) is 15.8. The Balaban J connectivity index is 2.46. The van der Waals surface area contributed by atoms with Gasteiger partial charge in [-0.15, -0.1) is 0 Å². The number of nitrogen functional groups attached to an aromatic ring is 1. The lowest BCUT2D eigenvalue weighted by molar-refractivity contribution is 0.557. The molecule has 0 aliphatic carbocycles. The van der Waals surface area contributed by atoms with Crippen LogP contribution in [0.2, 0.25) is 0 Å². The predicted octanol–water partition coefficient (Wildman–Crippen LogP) is 1.64. The summed E-state index contributed by atoms with van der Waals surface area (Å²) in [4.78, 5) is -0.715. The lowest BCUT2D eigenvalue weighted by Crippen LogP contribution is -2.16. The first-order valence-electron chi connectivity index (χ1n) is 6.05. The maximum Gasteiger partial charge on any atom is 0.265 e. The molecule has 0 bridgehead atoms. The molecule has 2 aromatic rings. The molecule has 0 saturated carbocycles. The fraction of sp³-hybridized carbons (Fsp3) is 0.250. The van der Waals surface area contributed by atoms with Gasteiger partial charge in [-0.3, -0.25) is 9.40 Å². The van der Waals surface area contributed by atoms with E-state index < -0.39 is 32.2 Å². The average Bonchev–Trinajstić information content (AvgIpc) is 2.75. The van der Waals surface area contributed by atoms with Crippen molar-refractivity contribution in [1.82, 2.24) is 9.78 Å². The Hall–Kier alpha value is -2.16. The van der Waals surface area contributed by atoms with Crippen LogP contribution in [-0.4, -0.2) is 18.2 Å². The lowest BCUT2D eigenvalue weighted by Gasteiger charge is -2.09. The largest absolute Gasteiger partial charge is 0.394 e. The summed E-state index contributed by atoms with van der Waals surface area (Å²) in [6.07, 6.45) is 1.95. The van der Waals surface area contributed by atoms with Crippen molar-refractivity contribution in [2.75, 3.05) is 10.5 Å². The molecule has 0 amide bonds. The summed E-state index contributed by atoms with van der Waals surface area (Å²) in [5.74, 6) is -2.33. The topological polar surface area (TPSA) is 90.0 Å². The van der Waals surface area contributed by atoms with Crippen molar-refractivity contribution in [3.63, 3.8) is 0 Å². The van der Waals surface area contributed by atoms with Crippen molar-refractivity contribution in [1.29, 1.82) is 0 Å². The van der Waals surface area contributed by atoms with E-state index in [9.17, 15) is 17.2 Å². The van der Waals surface area contributed by atoms with E-state index in [4.69, 9.17) is 5.73 Å². The molecule has 114 valence electrons. The van der Waals surface area contributed by atoms with Crippen LogP contribution in [-0.2, 0) is 23.5 Å². The van der Waals surface area contributed by atoms with Crippen LogP contribution in [0.4, 0.5) is 20.2 Å². The SMILES string of the molecule is CCc1nn(C)cc1NS(=O)(=O)c1ccc(F)c(N)c1F. The highest BCUT2D eigenvalue weighted by Crippen LogP contribution is 2.25. The summed E-state index contributed by atoms with van der Waals surface area (Å²) in [6, 6.07) is 1.63. The quantitative estimate of drug-likeness (QED) is 0.839. The van der Waals surface area contributed by atoms with Gasteiger partial charge in [-0.2, -0.15) is 5.10 Å². The maximum atomic E-state index is 13.8. The summed E-state index contributed by atoms with van der Waals surface area (Å²) in [7, 11) is -2.60. The van der Waals surface area contributed by atoms with E-state index >= 15 is 0 Å². The molecule has 0 saturated heterocycles. The third-order valence-corrected chi connectivity index (χ3v) is 4.25. The number of nitrogens with zero attached hydrogens (tertiary/aromatic N) is 2. The van der Waals surface area contributed by atoms with Crippen LogP contribution < -0.4 is 10.5 Å². The third-order valence-electron chi connectivity index (χ3n) is 2.87. The fourth-order valence-electron chi connectivity index (χ4n) is 1.84. The van der Waals surface area contributed by atoms with E-state index in [2.05, 4.69) is 9.82 Å². The molecule has 9 heteroatoms. The molecule has 0 radical (unpaired) electrons. The molecule has 1 aromatic heterocycles. The van der Waals surface area contributed by atoms with Crippen molar-refractivity contribution in [2.45, 2.75) is 18.2 Å². The van der Waals surface area contributed by atoms with Crippen LogP contribution in [0.15, 0.2) is 23.2 Å². The average molecular weight is 316 g/mol. The molecule has 1 heterocycles. The minimum Gasteiger partial charge on any atom is -0.394 e. The molecule has 0 aliphatic rings.